The summed E-state index contributed by atoms with van der Waals surface area (Å²) in [7, 11) is 0. The smallest absolute Gasteiger partial charge is 0.211 e. The number of rotatable bonds is 2. The first-order valence-corrected chi connectivity index (χ1v) is 5.36. The number of imidazole rings is 1. The quantitative estimate of drug-likeness (QED) is 0.632. The maximum Gasteiger partial charge on any atom is 0.211 e. The summed E-state index contributed by atoms with van der Waals surface area (Å²) in [6, 6.07) is 7.62. The molecule has 5 heteroatoms. The van der Waals surface area contributed by atoms with Crippen molar-refractivity contribution in [3.8, 4) is 0 Å². The molecule has 0 fully saturated rings. The monoisotopic (exact) mass is 226 g/mol. The van der Waals surface area contributed by atoms with Crippen molar-refractivity contribution in [1.82, 2.24) is 9.97 Å². The lowest BCUT2D eigenvalue weighted by atomic mass is 10.3. The van der Waals surface area contributed by atoms with Gasteiger partial charge in [0.1, 0.15) is 0 Å². The van der Waals surface area contributed by atoms with Gasteiger partial charge in [-0.1, -0.05) is 12.1 Å². The molecule has 0 aliphatic rings. The number of fused-ring (bicyclic) bond motifs is 1. The van der Waals surface area contributed by atoms with Gasteiger partial charge >= 0.3 is 0 Å². The number of carbonyl (C=O) groups is 1. The number of nitrogens with one attached hydrogen (secondary N) is 1. The molecular weight excluding hydrogens is 220 g/mol. The normalized spacial score (nSPS) is 10.6. The summed E-state index contributed by atoms with van der Waals surface area (Å²) in [4.78, 5) is 18.3. The van der Waals surface area contributed by atoms with Crippen molar-refractivity contribution < 1.29 is 4.79 Å². The van der Waals surface area contributed by atoms with Crippen LogP contribution in [-0.4, -0.2) is 21.0 Å². The second-order valence-corrected chi connectivity index (χ2v) is 3.98. The molecule has 2 rings (SSSR count). The van der Waals surface area contributed by atoms with Crippen LogP contribution in [0.25, 0.3) is 11.0 Å². The predicted molar refractivity (Wildman–Crippen MR) is 57.7 cm³/mol. The zero-order valence-corrected chi connectivity index (χ0v) is 8.73. The molecule has 3 nitrogen and oxygen atoms in total. The van der Waals surface area contributed by atoms with Crippen LogP contribution in [0.4, 0.5) is 0 Å². The minimum absolute atomic E-state index is 0.00170. The number of para-hydroxylation sites is 2. The highest BCUT2D eigenvalue weighted by Gasteiger charge is 2.07. The molecule has 0 saturated heterocycles. The molecule has 72 valence electrons. The average molecular weight is 227 g/mol. The number of halogens is 1. The molecule has 0 radical (unpaired) electrons. The lowest BCUT2D eigenvalue weighted by Gasteiger charge is -1.89. The summed E-state index contributed by atoms with van der Waals surface area (Å²) in [6.07, 6.45) is 0. The van der Waals surface area contributed by atoms with Gasteiger partial charge in [-0.25, -0.2) is 4.98 Å². The number of hydrogen-bond donors (Lipinski definition) is 1. The number of carbonyl (C=O) groups excluding carboxylic acids is 1. The molecule has 0 unspecified atom stereocenters. The number of aromatic nitrogens is 2. The molecule has 0 spiro atoms. The van der Waals surface area contributed by atoms with Crippen molar-refractivity contribution in [2.24, 2.45) is 0 Å². The topological polar surface area (TPSA) is 45.8 Å². The number of hydrogen-bond acceptors (Lipinski definition) is 3. The standard InChI is InChI=1S/C9H7ClN2OS/c10-5-8(13)14-9-11-6-3-1-2-4-7(6)12-9/h1-4H,5H2,(H,11,12). The average Bonchev–Trinajstić information content (AvgIpc) is 2.59. The summed E-state index contributed by atoms with van der Waals surface area (Å²) in [5.41, 5.74) is 1.79. The van der Waals surface area contributed by atoms with Crippen molar-refractivity contribution in [1.29, 1.82) is 0 Å². The molecule has 2 aromatic rings. The second-order valence-electron chi connectivity index (χ2n) is 2.67. The predicted octanol–water partition coefficient (Wildman–Crippen LogP) is 2.42. The van der Waals surface area contributed by atoms with Crippen LogP contribution in [0.5, 0.6) is 0 Å². The van der Waals surface area contributed by atoms with E-state index in [1.165, 1.54) is 0 Å². The first-order chi connectivity index (χ1) is 6.79. The van der Waals surface area contributed by atoms with E-state index in [4.69, 9.17) is 11.6 Å². The Morgan fingerprint density at radius 2 is 2.29 bits per heavy atom. The molecule has 0 aliphatic heterocycles. The third kappa shape index (κ3) is 1.91. The van der Waals surface area contributed by atoms with E-state index in [1.54, 1.807) is 0 Å². The third-order valence-corrected chi connectivity index (χ3v) is 2.85. The van der Waals surface area contributed by atoms with Crippen molar-refractivity contribution in [3.63, 3.8) is 0 Å². The van der Waals surface area contributed by atoms with Crippen molar-refractivity contribution in [2.75, 3.05) is 5.88 Å². The molecule has 0 atom stereocenters. The van der Waals surface area contributed by atoms with Crippen LogP contribution in [0.3, 0.4) is 0 Å². The van der Waals surface area contributed by atoms with E-state index in [9.17, 15) is 4.79 Å². The fraction of sp³-hybridized carbons (Fsp3) is 0.111. The zero-order valence-electron chi connectivity index (χ0n) is 7.16. The Kier molecular flexibility index (Phi) is 2.74. The van der Waals surface area contributed by atoms with Gasteiger partial charge in [-0.05, 0) is 23.9 Å². The van der Waals surface area contributed by atoms with E-state index in [0.717, 1.165) is 22.8 Å². The maximum atomic E-state index is 11.0. The van der Waals surface area contributed by atoms with Gasteiger partial charge in [0.25, 0.3) is 0 Å². The lowest BCUT2D eigenvalue weighted by Crippen LogP contribution is -1.91. The van der Waals surface area contributed by atoms with Gasteiger partial charge in [0.05, 0.1) is 16.9 Å². The molecule has 0 aliphatic carbocycles. The molecule has 1 aromatic heterocycles. The molecule has 1 N–H and O–H groups in total. The molecule has 1 heterocycles. The van der Waals surface area contributed by atoms with E-state index in [2.05, 4.69) is 9.97 Å². The zero-order chi connectivity index (χ0) is 9.97. The molecular formula is C9H7ClN2OS. The Balaban J connectivity index is 2.31. The fourth-order valence-corrected chi connectivity index (χ4v) is 1.85. The van der Waals surface area contributed by atoms with Gasteiger partial charge < -0.3 is 4.98 Å². The Morgan fingerprint density at radius 1 is 1.50 bits per heavy atom. The van der Waals surface area contributed by atoms with Gasteiger partial charge in [0, 0.05) is 0 Å². The van der Waals surface area contributed by atoms with Crippen LogP contribution in [0.15, 0.2) is 29.4 Å². The van der Waals surface area contributed by atoms with Crippen LogP contribution in [0.1, 0.15) is 0 Å². The second kappa shape index (κ2) is 4.02. The van der Waals surface area contributed by atoms with Gasteiger partial charge in [0.15, 0.2) is 5.16 Å². The number of benzene rings is 1. The maximum absolute atomic E-state index is 11.0. The van der Waals surface area contributed by atoms with Crippen LogP contribution in [0, 0.1) is 0 Å². The number of thioether (sulfide) groups is 1. The van der Waals surface area contributed by atoms with Crippen molar-refractivity contribution >= 4 is 39.5 Å². The highest BCUT2D eigenvalue weighted by molar-refractivity contribution is 8.13. The minimum Gasteiger partial charge on any atom is -0.333 e. The van der Waals surface area contributed by atoms with Crippen LogP contribution in [0.2, 0.25) is 0 Å². The summed E-state index contributed by atoms with van der Waals surface area (Å²) in [5.74, 6) is 0.00170. The van der Waals surface area contributed by atoms with Crippen molar-refractivity contribution in [2.45, 2.75) is 5.16 Å². The number of alkyl halides is 1. The summed E-state index contributed by atoms with van der Waals surface area (Å²) >= 11 is 6.42. The molecule has 0 amide bonds. The Labute approximate surface area is 89.9 Å². The first kappa shape index (κ1) is 9.55. The van der Waals surface area contributed by atoms with Crippen LogP contribution in [-0.2, 0) is 4.79 Å². The molecule has 14 heavy (non-hydrogen) atoms. The van der Waals surface area contributed by atoms with Crippen molar-refractivity contribution in [3.05, 3.63) is 24.3 Å². The number of H-pyrrole nitrogens is 1. The first-order valence-electron chi connectivity index (χ1n) is 4.01. The number of aromatic amines is 1. The molecule has 0 saturated carbocycles. The number of nitrogens with zero attached hydrogens (tertiary/aromatic N) is 1. The van der Waals surface area contributed by atoms with E-state index >= 15 is 0 Å². The van der Waals surface area contributed by atoms with E-state index < -0.39 is 0 Å². The summed E-state index contributed by atoms with van der Waals surface area (Å²) in [6.45, 7) is 0. The van der Waals surface area contributed by atoms with Gasteiger partial charge in [-0.15, -0.1) is 11.6 Å². The summed E-state index contributed by atoms with van der Waals surface area (Å²) in [5, 5.41) is 0.488. The van der Waals surface area contributed by atoms with E-state index in [0.29, 0.717) is 5.16 Å². The minimum atomic E-state index is -0.106. The van der Waals surface area contributed by atoms with Gasteiger partial charge in [0.2, 0.25) is 5.12 Å². The van der Waals surface area contributed by atoms with Crippen LogP contribution < -0.4 is 0 Å². The van der Waals surface area contributed by atoms with Gasteiger partial charge in [-0.3, -0.25) is 4.79 Å². The Bertz CT molecular complexity index is 436. The Hall–Kier alpha value is -1.00. The Morgan fingerprint density at radius 3 is 3.00 bits per heavy atom. The van der Waals surface area contributed by atoms with E-state index in [-0.39, 0.29) is 11.0 Å². The van der Waals surface area contributed by atoms with E-state index in [1.807, 2.05) is 24.3 Å². The van der Waals surface area contributed by atoms with Crippen LogP contribution >= 0.6 is 23.4 Å². The molecule has 1 aromatic carbocycles. The highest BCUT2D eigenvalue weighted by atomic mass is 35.5. The largest absolute Gasteiger partial charge is 0.333 e. The van der Waals surface area contributed by atoms with Gasteiger partial charge in [-0.2, -0.15) is 0 Å². The SMILES string of the molecule is O=C(CCl)Sc1nc2ccccc2[nH]1. The fourth-order valence-electron chi connectivity index (χ4n) is 1.11. The molecule has 0 bridgehead atoms. The highest BCUT2D eigenvalue weighted by Crippen LogP contribution is 2.19. The third-order valence-electron chi connectivity index (χ3n) is 1.69. The summed E-state index contributed by atoms with van der Waals surface area (Å²) < 4.78 is 0. The lowest BCUT2D eigenvalue weighted by molar-refractivity contribution is -0.108.